The number of thiocarbonyl (C=S) groups is 2. The van der Waals surface area contributed by atoms with Crippen LogP contribution >= 0.6 is 24.4 Å². The average molecular weight is 276 g/mol. The summed E-state index contributed by atoms with van der Waals surface area (Å²) >= 11 is 16.5. The van der Waals surface area contributed by atoms with Crippen molar-refractivity contribution in [3.8, 4) is 0 Å². The summed E-state index contributed by atoms with van der Waals surface area (Å²) in [7, 11) is 0. The van der Waals surface area contributed by atoms with Crippen molar-refractivity contribution in [1.29, 1.82) is 0 Å². The first kappa shape index (κ1) is 22.5. The molecular formula is C4H8CuN2S4. The Bertz CT molecular complexity index is 88.3. The van der Waals surface area contributed by atoms with Crippen LogP contribution in [0.2, 0.25) is 0 Å². The molecule has 0 aliphatic heterocycles. The Morgan fingerprint density at radius 3 is 1.00 bits per heavy atom. The van der Waals surface area contributed by atoms with Crippen LogP contribution in [-0.4, -0.2) is 8.64 Å². The van der Waals surface area contributed by atoms with Gasteiger partial charge in [-0.1, -0.05) is 8.64 Å². The number of hydrogen-bond donors (Lipinski definition) is 2. The second-order valence-electron chi connectivity index (χ2n) is 0.638. The molecule has 69 valence electrons. The summed E-state index contributed by atoms with van der Waals surface area (Å²) in [5.41, 5.74) is 9.31. The van der Waals surface area contributed by atoms with Gasteiger partial charge in [-0.05, 0) is 0 Å². The largest absolute Gasteiger partial charge is 2.00 e. The molecule has 0 aromatic carbocycles. The molecule has 0 aliphatic carbocycles. The van der Waals surface area contributed by atoms with Crippen molar-refractivity contribution in [1.82, 2.24) is 0 Å². The summed E-state index contributed by atoms with van der Waals surface area (Å²) in [6, 6.07) is 0. The monoisotopic (exact) mass is 275 g/mol. The Labute approximate surface area is 99.5 Å². The van der Waals surface area contributed by atoms with Crippen molar-refractivity contribution in [3.05, 3.63) is 13.2 Å². The molecule has 0 atom stereocenters. The third kappa shape index (κ3) is 3280. The molecule has 0 heterocycles. The Morgan fingerprint density at radius 2 is 1.00 bits per heavy atom. The summed E-state index contributed by atoms with van der Waals surface area (Å²) in [6.07, 6.45) is 0. The average Bonchev–Trinajstić information content (AvgIpc) is 1.66. The number of rotatable bonds is 0. The number of hydrogen-bond acceptors (Lipinski definition) is 4. The molecule has 1 radical (unpaired) electrons. The molecule has 11 heavy (non-hydrogen) atoms. The van der Waals surface area contributed by atoms with E-state index in [4.69, 9.17) is 0 Å². The zero-order valence-corrected chi connectivity index (χ0v) is 9.71. The van der Waals surface area contributed by atoms with E-state index in [0.717, 1.165) is 0 Å². The maximum Gasteiger partial charge on any atom is 2.00 e. The van der Waals surface area contributed by atoms with Crippen molar-refractivity contribution in [3.63, 3.8) is 0 Å². The summed E-state index contributed by atoms with van der Waals surface area (Å²) in [5.74, 6) is 0. The molecule has 0 saturated heterocycles. The van der Waals surface area contributed by atoms with Crippen LogP contribution in [0.3, 0.4) is 0 Å². The standard InChI is InChI=1S/C2H4.2CH3NS2.Cu/c1-2;2*2-1(3)4;/h1-2H2;2*(H3,2,3,4);/q;;;+2/p-2. The van der Waals surface area contributed by atoms with Crippen LogP contribution in [0.5, 0.6) is 0 Å². The molecule has 0 rings (SSSR count). The molecule has 7 heteroatoms. The van der Waals surface area contributed by atoms with Gasteiger partial charge in [-0.25, -0.2) is 0 Å². The van der Waals surface area contributed by atoms with Gasteiger partial charge in [0.25, 0.3) is 0 Å². The zero-order valence-electron chi connectivity index (χ0n) is 5.50. The van der Waals surface area contributed by atoms with Crippen molar-refractivity contribution >= 4 is 58.3 Å². The minimum Gasteiger partial charge on any atom is -0.415 e. The maximum absolute atomic E-state index is 4.66. The maximum atomic E-state index is 4.66. The van der Waals surface area contributed by atoms with Crippen molar-refractivity contribution in [2.45, 2.75) is 0 Å². The van der Waals surface area contributed by atoms with Gasteiger partial charge in [-0.2, -0.15) is 0 Å². The fourth-order valence-electron chi connectivity index (χ4n) is 0. The Hall–Kier alpha value is 0.479. The smallest absolute Gasteiger partial charge is 0.415 e. The summed E-state index contributed by atoms with van der Waals surface area (Å²) < 4.78 is 0.167. The Balaban J connectivity index is -0.0000000339. The quantitative estimate of drug-likeness (QED) is 0.288. The van der Waals surface area contributed by atoms with Gasteiger partial charge in [0.15, 0.2) is 0 Å². The Morgan fingerprint density at radius 1 is 1.00 bits per heavy atom. The molecule has 0 aromatic rings. The molecule has 0 bridgehead atoms. The van der Waals surface area contributed by atoms with E-state index in [1.54, 1.807) is 0 Å². The molecular weight excluding hydrogens is 268 g/mol. The number of nitrogens with two attached hydrogens (primary N) is 2. The van der Waals surface area contributed by atoms with Crippen LogP contribution in [0.1, 0.15) is 0 Å². The van der Waals surface area contributed by atoms with Crippen LogP contribution in [0.25, 0.3) is 0 Å². The first-order valence-corrected chi connectivity index (χ1v) is 3.53. The van der Waals surface area contributed by atoms with Crippen LogP contribution in [0.4, 0.5) is 0 Å². The third-order valence-corrected chi connectivity index (χ3v) is 0. The fourth-order valence-corrected chi connectivity index (χ4v) is 0. The molecule has 2 nitrogen and oxygen atoms in total. The predicted octanol–water partition coefficient (Wildman–Crippen LogP) is 0.354. The first-order valence-electron chi connectivity index (χ1n) is 1.89. The van der Waals surface area contributed by atoms with E-state index in [2.05, 4.69) is 74.3 Å². The van der Waals surface area contributed by atoms with Gasteiger partial charge in [0, 0.05) is 0 Å². The van der Waals surface area contributed by atoms with Crippen LogP contribution in [-0.2, 0) is 42.3 Å². The van der Waals surface area contributed by atoms with Gasteiger partial charge in [0.05, 0.1) is 0 Å². The molecule has 0 aromatic heterocycles. The van der Waals surface area contributed by atoms with Crippen molar-refractivity contribution in [2.75, 3.05) is 0 Å². The second kappa shape index (κ2) is 22.4. The van der Waals surface area contributed by atoms with Gasteiger partial charge < -0.3 is 61.2 Å². The first-order chi connectivity index (χ1) is 4.46. The molecule has 0 amide bonds. The van der Waals surface area contributed by atoms with Gasteiger partial charge in [-0.15, -0.1) is 13.2 Å². The molecule has 0 spiro atoms. The zero-order chi connectivity index (χ0) is 9.15. The second-order valence-corrected chi connectivity index (χ2v) is 2.91. The van der Waals surface area contributed by atoms with Gasteiger partial charge in [0.2, 0.25) is 0 Å². The molecule has 4 N–H and O–H groups in total. The molecule has 0 fully saturated rings. The van der Waals surface area contributed by atoms with Gasteiger partial charge in [-0.3, -0.25) is 0 Å². The van der Waals surface area contributed by atoms with Crippen LogP contribution in [0, 0.1) is 0 Å². The predicted molar refractivity (Wildman–Crippen MR) is 59.6 cm³/mol. The molecule has 0 saturated carbocycles. The summed E-state index contributed by atoms with van der Waals surface area (Å²) in [6.45, 7) is 6.00. The Kier molecular flexibility index (Phi) is 46.0. The molecule has 0 unspecified atom stereocenters. The SMILES string of the molecule is C=C.NC(=S)[S-].NC(=S)[S-].[Cu+2]. The van der Waals surface area contributed by atoms with E-state index in [0.29, 0.717) is 0 Å². The van der Waals surface area contributed by atoms with E-state index in [9.17, 15) is 0 Å². The van der Waals surface area contributed by atoms with Crippen LogP contribution < -0.4 is 11.5 Å². The topological polar surface area (TPSA) is 52.0 Å². The van der Waals surface area contributed by atoms with E-state index in [1.165, 1.54) is 0 Å². The molecule has 0 aliphatic rings. The fraction of sp³-hybridized carbons (Fsp3) is 0. The van der Waals surface area contributed by atoms with E-state index in [1.807, 2.05) is 0 Å². The van der Waals surface area contributed by atoms with Gasteiger partial charge in [0.1, 0.15) is 0 Å². The summed E-state index contributed by atoms with van der Waals surface area (Å²) in [5, 5.41) is 0. The van der Waals surface area contributed by atoms with E-state index in [-0.39, 0.29) is 25.7 Å². The minimum atomic E-state index is 0. The van der Waals surface area contributed by atoms with Crippen molar-refractivity contribution in [2.24, 2.45) is 11.5 Å². The minimum absolute atomic E-state index is 0. The van der Waals surface area contributed by atoms with E-state index >= 15 is 0 Å². The van der Waals surface area contributed by atoms with Crippen molar-refractivity contribution < 1.29 is 17.1 Å². The van der Waals surface area contributed by atoms with E-state index < -0.39 is 0 Å². The van der Waals surface area contributed by atoms with Crippen LogP contribution in [0.15, 0.2) is 13.2 Å². The van der Waals surface area contributed by atoms with Gasteiger partial charge >= 0.3 is 17.1 Å². The normalized spacial score (nSPS) is 4.73. The summed E-state index contributed by atoms with van der Waals surface area (Å²) in [4.78, 5) is 0. The third-order valence-electron chi connectivity index (χ3n) is 0.